The molecular weight excluding hydrogens is 288 g/mol. The molecule has 1 fully saturated rings. The summed E-state index contributed by atoms with van der Waals surface area (Å²) in [5.41, 5.74) is 0. The van der Waals surface area contributed by atoms with Crippen LogP contribution in [0.3, 0.4) is 0 Å². The van der Waals surface area contributed by atoms with E-state index in [1.807, 2.05) is 0 Å². The van der Waals surface area contributed by atoms with Gasteiger partial charge in [-0.2, -0.15) is 0 Å². The Labute approximate surface area is 143 Å². The van der Waals surface area contributed by atoms with Crippen LogP contribution in [-0.2, 0) is 9.53 Å². The van der Waals surface area contributed by atoms with Gasteiger partial charge in [0.2, 0.25) is 0 Å². The Morgan fingerprint density at radius 3 is 2.39 bits per heavy atom. The van der Waals surface area contributed by atoms with E-state index < -0.39 is 0 Å². The molecule has 1 aliphatic heterocycles. The molecule has 0 saturated carbocycles. The van der Waals surface area contributed by atoms with Crippen molar-refractivity contribution in [2.24, 2.45) is 23.7 Å². The van der Waals surface area contributed by atoms with Crippen molar-refractivity contribution >= 4 is 5.97 Å². The highest BCUT2D eigenvalue weighted by Crippen LogP contribution is 2.30. The van der Waals surface area contributed by atoms with Crippen molar-refractivity contribution in [2.75, 3.05) is 6.61 Å². The Hall–Kier alpha value is -0.570. The molecule has 0 aromatic heterocycles. The first-order chi connectivity index (χ1) is 11.0. The molecule has 4 unspecified atom stereocenters. The average Bonchev–Trinajstić information content (AvgIpc) is 2.53. The molecule has 23 heavy (non-hydrogen) atoms. The molecule has 3 nitrogen and oxygen atoms in total. The van der Waals surface area contributed by atoms with Crippen molar-refractivity contribution in [2.45, 2.75) is 91.6 Å². The predicted molar refractivity (Wildman–Crippen MR) is 95.2 cm³/mol. The second kappa shape index (κ2) is 11.1. The molecule has 0 bridgehead atoms. The molecule has 1 rings (SSSR count). The van der Waals surface area contributed by atoms with Gasteiger partial charge in [0, 0.05) is 6.61 Å². The first kappa shape index (κ1) is 20.5. The van der Waals surface area contributed by atoms with E-state index in [0.717, 1.165) is 50.9 Å². The molecule has 1 saturated heterocycles. The lowest BCUT2D eigenvalue weighted by molar-refractivity contribution is -0.164. The fourth-order valence-corrected chi connectivity index (χ4v) is 3.51. The van der Waals surface area contributed by atoms with Crippen LogP contribution >= 0.6 is 0 Å². The van der Waals surface area contributed by atoms with Crippen molar-refractivity contribution in [1.29, 1.82) is 0 Å². The van der Waals surface area contributed by atoms with E-state index in [1.54, 1.807) is 0 Å². The van der Waals surface area contributed by atoms with Gasteiger partial charge < -0.3 is 9.84 Å². The Morgan fingerprint density at radius 1 is 1.13 bits per heavy atom. The van der Waals surface area contributed by atoms with E-state index in [1.165, 1.54) is 12.8 Å². The summed E-state index contributed by atoms with van der Waals surface area (Å²) in [5, 5.41) is 9.51. The molecule has 3 heteroatoms. The van der Waals surface area contributed by atoms with Gasteiger partial charge in [0.25, 0.3) is 0 Å². The third kappa shape index (κ3) is 7.69. The lowest BCUT2D eigenvalue weighted by atomic mass is 9.86. The van der Waals surface area contributed by atoms with Crippen LogP contribution in [-0.4, -0.2) is 23.8 Å². The van der Waals surface area contributed by atoms with E-state index in [9.17, 15) is 9.90 Å². The number of hydrogen-bond acceptors (Lipinski definition) is 3. The minimum absolute atomic E-state index is 0.0157. The summed E-state index contributed by atoms with van der Waals surface area (Å²) in [4.78, 5) is 12.1. The van der Waals surface area contributed by atoms with Crippen LogP contribution in [0.1, 0.15) is 85.5 Å². The molecule has 0 radical (unpaired) electrons. The van der Waals surface area contributed by atoms with E-state index in [2.05, 4.69) is 27.7 Å². The Morgan fingerprint density at radius 2 is 1.83 bits per heavy atom. The average molecular weight is 327 g/mol. The number of rotatable bonds is 11. The summed E-state index contributed by atoms with van der Waals surface area (Å²) in [6.07, 6.45) is 9.73. The lowest BCUT2D eigenvalue weighted by Crippen LogP contribution is -2.34. The van der Waals surface area contributed by atoms with E-state index in [4.69, 9.17) is 4.74 Å². The maximum absolute atomic E-state index is 12.1. The number of carbonyl (C=O) groups is 1. The van der Waals surface area contributed by atoms with Crippen molar-refractivity contribution in [3.05, 3.63) is 0 Å². The summed E-state index contributed by atoms with van der Waals surface area (Å²) in [6, 6.07) is 0. The summed E-state index contributed by atoms with van der Waals surface area (Å²) in [7, 11) is 0. The van der Waals surface area contributed by atoms with Crippen molar-refractivity contribution in [1.82, 2.24) is 0 Å². The highest BCUT2D eigenvalue weighted by Gasteiger charge is 2.31. The van der Waals surface area contributed by atoms with Gasteiger partial charge in [0.1, 0.15) is 6.10 Å². The maximum Gasteiger partial charge on any atom is 0.309 e. The predicted octanol–water partition coefficient (Wildman–Crippen LogP) is 4.96. The van der Waals surface area contributed by atoms with Gasteiger partial charge in [-0.15, -0.1) is 0 Å². The standard InChI is InChI=1S/C20H38O3/c1-5-16(4)19-13-12-18(20(22)23-19)11-7-10-17(14-21)9-6-8-15(2)3/h15-19,21H,5-14H2,1-4H3. The fourth-order valence-electron chi connectivity index (χ4n) is 3.51. The van der Waals surface area contributed by atoms with Gasteiger partial charge in [0.05, 0.1) is 5.92 Å². The SMILES string of the molecule is CCC(C)C1CCC(CCCC(CO)CCCC(C)C)C(=O)O1. The molecule has 0 aromatic rings. The molecule has 4 atom stereocenters. The zero-order valence-corrected chi connectivity index (χ0v) is 15.7. The third-order valence-electron chi connectivity index (χ3n) is 5.50. The molecule has 0 spiro atoms. The Bertz CT molecular complexity index is 327. The normalized spacial score (nSPS) is 24.5. The molecule has 0 aliphatic carbocycles. The first-order valence-electron chi connectivity index (χ1n) is 9.79. The third-order valence-corrected chi connectivity index (χ3v) is 5.50. The van der Waals surface area contributed by atoms with E-state index in [0.29, 0.717) is 11.8 Å². The van der Waals surface area contributed by atoms with E-state index >= 15 is 0 Å². The molecule has 1 aliphatic rings. The molecule has 0 amide bonds. The van der Waals surface area contributed by atoms with Crippen LogP contribution in [0.5, 0.6) is 0 Å². The van der Waals surface area contributed by atoms with Crippen LogP contribution in [0.4, 0.5) is 0 Å². The minimum Gasteiger partial charge on any atom is -0.462 e. The van der Waals surface area contributed by atoms with Crippen molar-refractivity contribution in [3.8, 4) is 0 Å². The largest absolute Gasteiger partial charge is 0.462 e. The van der Waals surface area contributed by atoms with E-state index in [-0.39, 0.29) is 24.6 Å². The zero-order chi connectivity index (χ0) is 17.2. The quantitative estimate of drug-likeness (QED) is 0.546. The topological polar surface area (TPSA) is 46.5 Å². The number of ether oxygens (including phenoxy) is 1. The van der Waals surface area contributed by atoms with Gasteiger partial charge in [-0.05, 0) is 49.9 Å². The lowest BCUT2D eigenvalue weighted by Gasteiger charge is -2.31. The second-order valence-corrected chi connectivity index (χ2v) is 7.94. The second-order valence-electron chi connectivity index (χ2n) is 7.94. The van der Waals surface area contributed by atoms with Crippen molar-refractivity contribution < 1.29 is 14.6 Å². The highest BCUT2D eigenvalue weighted by atomic mass is 16.5. The van der Waals surface area contributed by atoms with Crippen LogP contribution < -0.4 is 0 Å². The number of carbonyl (C=O) groups excluding carboxylic acids is 1. The Balaban J connectivity index is 2.23. The summed E-state index contributed by atoms with van der Waals surface area (Å²) < 4.78 is 5.64. The van der Waals surface area contributed by atoms with Crippen LogP contribution in [0.25, 0.3) is 0 Å². The first-order valence-corrected chi connectivity index (χ1v) is 9.79. The molecule has 0 aromatic carbocycles. The van der Waals surface area contributed by atoms with Gasteiger partial charge in [-0.25, -0.2) is 0 Å². The number of hydrogen-bond donors (Lipinski definition) is 1. The Kier molecular flexibility index (Phi) is 9.85. The number of aliphatic hydroxyl groups is 1. The molecule has 136 valence electrons. The van der Waals surface area contributed by atoms with Gasteiger partial charge >= 0.3 is 5.97 Å². The highest BCUT2D eigenvalue weighted by molar-refractivity contribution is 5.73. The maximum atomic E-state index is 12.1. The minimum atomic E-state index is 0.0157. The molecule has 1 heterocycles. The van der Waals surface area contributed by atoms with Crippen LogP contribution in [0, 0.1) is 23.7 Å². The molecular formula is C20H38O3. The van der Waals surface area contributed by atoms with Gasteiger partial charge in [0.15, 0.2) is 0 Å². The van der Waals surface area contributed by atoms with Crippen molar-refractivity contribution in [3.63, 3.8) is 0 Å². The van der Waals surface area contributed by atoms with Gasteiger partial charge in [-0.3, -0.25) is 4.79 Å². The van der Waals surface area contributed by atoms with Crippen LogP contribution in [0.15, 0.2) is 0 Å². The van der Waals surface area contributed by atoms with Crippen LogP contribution in [0.2, 0.25) is 0 Å². The fraction of sp³-hybridized carbons (Fsp3) is 0.950. The number of aliphatic hydroxyl groups excluding tert-OH is 1. The number of esters is 1. The van der Waals surface area contributed by atoms with Gasteiger partial charge in [-0.1, -0.05) is 53.4 Å². The summed E-state index contributed by atoms with van der Waals surface area (Å²) in [5.74, 6) is 1.72. The monoisotopic (exact) mass is 326 g/mol. The molecule has 1 N–H and O–H groups in total. The smallest absolute Gasteiger partial charge is 0.309 e. The zero-order valence-electron chi connectivity index (χ0n) is 15.7. The number of cyclic esters (lactones) is 1. The summed E-state index contributed by atoms with van der Waals surface area (Å²) >= 11 is 0. The summed E-state index contributed by atoms with van der Waals surface area (Å²) in [6.45, 7) is 9.09.